The number of hydrogen-bond acceptors (Lipinski definition) is 2. The molecule has 126 valence electrons. The lowest BCUT2D eigenvalue weighted by Gasteiger charge is -2.09. The van der Waals surface area contributed by atoms with Gasteiger partial charge in [-0.3, -0.25) is 10.1 Å². The minimum absolute atomic E-state index is 0.123. The fraction of sp³-hybridized carbons (Fsp3) is 0.176. The summed E-state index contributed by atoms with van der Waals surface area (Å²) in [6.45, 7) is 0. The Bertz CT molecular complexity index is 698. The van der Waals surface area contributed by atoms with E-state index in [1.807, 2.05) is 0 Å². The number of benzene rings is 2. The number of hydrogen-bond donors (Lipinski definition) is 2. The summed E-state index contributed by atoms with van der Waals surface area (Å²) in [5.74, 6) is -0.546. The maximum absolute atomic E-state index is 12.2. The quantitative estimate of drug-likeness (QED) is 0.881. The van der Waals surface area contributed by atoms with Gasteiger partial charge in [-0.2, -0.15) is 13.2 Å². The van der Waals surface area contributed by atoms with E-state index in [1.165, 1.54) is 24.3 Å². The summed E-state index contributed by atoms with van der Waals surface area (Å²) >= 11 is 0. The topological polar surface area (TPSA) is 58.2 Å². The van der Waals surface area contributed by atoms with Crippen molar-refractivity contribution in [3.05, 3.63) is 65.7 Å². The molecule has 4 nitrogen and oxygen atoms in total. The molecule has 0 saturated heterocycles. The molecule has 7 heteroatoms. The lowest BCUT2D eigenvalue weighted by molar-refractivity contribution is -0.134. The molecule has 2 N–H and O–H groups in total. The van der Waals surface area contributed by atoms with Gasteiger partial charge < -0.3 is 5.32 Å². The van der Waals surface area contributed by atoms with Gasteiger partial charge >= 0.3 is 12.2 Å². The molecule has 0 aromatic heterocycles. The summed E-state index contributed by atoms with van der Waals surface area (Å²) in [5, 5.41) is 4.62. The van der Waals surface area contributed by atoms with Gasteiger partial charge in [0.1, 0.15) is 0 Å². The van der Waals surface area contributed by atoms with Crippen LogP contribution >= 0.6 is 0 Å². The average Bonchev–Trinajstić information content (AvgIpc) is 2.54. The summed E-state index contributed by atoms with van der Waals surface area (Å²) in [4.78, 5) is 23.5. The fourth-order valence-electron chi connectivity index (χ4n) is 1.97. The van der Waals surface area contributed by atoms with E-state index in [9.17, 15) is 22.8 Å². The number of imide groups is 1. The lowest BCUT2D eigenvalue weighted by atomic mass is 10.1. The fourth-order valence-corrected chi connectivity index (χ4v) is 1.97. The van der Waals surface area contributed by atoms with Crippen LogP contribution in [0.5, 0.6) is 0 Å². The SMILES string of the molecule is O=C(NC(=O)c1ccccc1)Nc1ccc(CCC(F)(F)F)cc1. The smallest absolute Gasteiger partial charge is 0.308 e. The van der Waals surface area contributed by atoms with E-state index in [1.54, 1.807) is 30.3 Å². The van der Waals surface area contributed by atoms with Crippen molar-refractivity contribution in [2.45, 2.75) is 19.0 Å². The molecular weight excluding hydrogens is 321 g/mol. The second-order valence-corrected chi connectivity index (χ2v) is 5.09. The van der Waals surface area contributed by atoms with Crippen LogP contribution in [0.2, 0.25) is 0 Å². The first-order chi connectivity index (χ1) is 11.3. The van der Waals surface area contributed by atoms with E-state index >= 15 is 0 Å². The molecule has 3 amide bonds. The van der Waals surface area contributed by atoms with E-state index < -0.39 is 24.5 Å². The third-order valence-electron chi connectivity index (χ3n) is 3.17. The minimum atomic E-state index is -4.20. The van der Waals surface area contributed by atoms with Crippen LogP contribution in [0, 0.1) is 0 Å². The second kappa shape index (κ2) is 7.63. The Hall–Kier alpha value is -2.83. The highest BCUT2D eigenvalue weighted by molar-refractivity contribution is 6.07. The number of aryl methyl sites for hydroxylation is 1. The highest BCUT2D eigenvalue weighted by atomic mass is 19.4. The van der Waals surface area contributed by atoms with Gasteiger partial charge in [0.05, 0.1) is 0 Å². The summed E-state index contributed by atoms with van der Waals surface area (Å²) in [5.41, 5.74) is 1.23. The number of halogens is 3. The molecule has 0 saturated carbocycles. The highest BCUT2D eigenvalue weighted by Gasteiger charge is 2.26. The third kappa shape index (κ3) is 5.75. The van der Waals surface area contributed by atoms with Crippen molar-refractivity contribution in [2.24, 2.45) is 0 Å². The maximum Gasteiger partial charge on any atom is 0.389 e. The molecule has 2 aromatic carbocycles. The number of urea groups is 1. The Morgan fingerprint density at radius 3 is 2.12 bits per heavy atom. The average molecular weight is 336 g/mol. The third-order valence-corrected chi connectivity index (χ3v) is 3.17. The van der Waals surface area contributed by atoms with E-state index in [4.69, 9.17) is 0 Å². The number of amides is 3. The summed E-state index contributed by atoms with van der Waals surface area (Å²) < 4.78 is 36.5. The molecule has 0 heterocycles. The molecule has 0 bridgehead atoms. The molecule has 0 aliphatic heterocycles. The number of alkyl halides is 3. The molecule has 0 aliphatic carbocycles. The van der Waals surface area contributed by atoms with Gasteiger partial charge in [0.2, 0.25) is 0 Å². The monoisotopic (exact) mass is 336 g/mol. The Balaban J connectivity index is 1.87. The van der Waals surface area contributed by atoms with Crippen LogP contribution in [0.3, 0.4) is 0 Å². The number of nitrogens with one attached hydrogen (secondary N) is 2. The van der Waals surface area contributed by atoms with Crippen LogP contribution < -0.4 is 10.6 Å². The number of rotatable bonds is 4. The minimum Gasteiger partial charge on any atom is -0.308 e. The zero-order chi connectivity index (χ0) is 17.6. The van der Waals surface area contributed by atoms with Crippen LogP contribution in [0.4, 0.5) is 23.7 Å². The molecule has 2 rings (SSSR count). The summed E-state index contributed by atoms with van der Waals surface area (Å²) in [7, 11) is 0. The Kier molecular flexibility index (Phi) is 5.57. The van der Waals surface area contributed by atoms with Crippen LogP contribution in [-0.2, 0) is 6.42 Å². The molecule has 0 spiro atoms. The van der Waals surface area contributed by atoms with E-state index in [0.717, 1.165) is 0 Å². The summed E-state index contributed by atoms with van der Waals surface area (Å²) in [6, 6.07) is 13.5. The zero-order valence-electron chi connectivity index (χ0n) is 12.6. The number of carbonyl (C=O) groups excluding carboxylic acids is 2. The first-order valence-electron chi connectivity index (χ1n) is 7.16. The normalized spacial score (nSPS) is 11.0. The van der Waals surface area contributed by atoms with Crippen molar-refractivity contribution in [1.82, 2.24) is 5.32 Å². The number of anilines is 1. The largest absolute Gasteiger partial charge is 0.389 e. The van der Waals surface area contributed by atoms with E-state index in [0.29, 0.717) is 16.8 Å². The van der Waals surface area contributed by atoms with Crippen molar-refractivity contribution in [3.63, 3.8) is 0 Å². The maximum atomic E-state index is 12.2. The van der Waals surface area contributed by atoms with Gasteiger partial charge in [-0.1, -0.05) is 30.3 Å². The van der Waals surface area contributed by atoms with Gasteiger partial charge in [0.25, 0.3) is 5.91 Å². The molecular formula is C17H15F3N2O2. The van der Waals surface area contributed by atoms with Crippen LogP contribution in [0.15, 0.2) is 54.6 Å². The van der Waals surface area contributed by atoms with Crippen LogP contribution in [0.1, 0.15) is 22.3 Å². The van der Waals surface area contributed by atoms with Crippen molar-refractivity contribution in [3.8, 4) is 0 Å². The Morgan fingerprint density at radius 1 is 0.917 bits per heavy atom. The molecule has 0 aliphatic rings. The first-order valence-corrected chi connectivity index (χ1v) is 7.16. The zero-order valence-corrected chi connectivity index (χ0v) is 12.6. The van der Waals surface area contributed by atoms with Crippen LogP contribution in [-0.4, -0.2) is 18.1 Å². The van der Waals surface area contributed by atoms with E-state index in [-0.39, 0.29) is 6.42 Å². The number of carbonyl (C=O) groups is 2. The molecule has 0 fully saturated rings. The van der Waals surface area contributed by atoms with E-state index in [2.05, 4.69) is 10.6 Å². The standard InChI is InChI=1S/C17H15F3N2O2/c18-17(19,20)11-10-12-6-8-14(9-7-12)21-16(24)22-15(23)13-4-2-1-3-5-13/h1-9H,10-11H2,(H2,21,22,23,24). The van der Waals surface area contributed by atoms with Gasteiger partial charge in [-0.15, -0.1) is 0 Å². The lowest BCUT2D eigenvalue weighted by Crippen LogP contribution is -2.34. The van der Waals surface area contributed by atoms with Crippen LogP contribution in [0.25, 0.3) is 0 Å². The molecule has 24 heavy (non-hydrogen) atoms. The molecule has 2 aromatic rings. The summed E-state index contributed by atoms with van der Waals surface area (Å²) in [6.07, 6.45) is -5.22. The predicted octanol–water partition coefficient (Wildman–Crippen LogP) is 4.14. The van der Waals surface area contributed by atoms with Crippen molar-refractivity contribution >= 4 is 17.6 Å². The van der Waals surface area contributed by atoms with Crippen molar-refractivity contribution in [1.29, 1.82) is 0 Å². The molecule has 0 unspecified atom stereocenters. The Morgan fingerprint density at radius 2 is 1.54 bits per heavy atom. The van der Waals surface area contributed by atoms with Gasteiger partial charge in [-0.25, -0.2) is 4.79 Å². The predicted molar refractivity (Wildman–Crippen MR) is 83.7 cm³/mol. The highest BCUT2D eigenvalue weighted by Crippen LogP contribution is 2.22. The van der Waals surface area contributed by atoms with Gasteiger partial charge in [0, 0.05) is 17.7 Å². The second-order valence-electron chi connectivity index (χ2n) is 5.09. The van der Waals surface area contributed by atoms with Gasteiger partial charge in [0.15, 0.2) is 0 Å². The molecule has 0 atom stereocenters. The molecule has 0 radical (unpaired) electrons. The first kappa shape index (κ1) is 17.5. The van der Waals surface area contributed by atoms with Gasteiger partial charge in [-0.05, 0) is 36.2 Å². The Labute approximate surface area is 136 Å². The van der Waals surface area contributed by atoms with Crippen molar-refractivity contribution in [2.75, 3.05) is 5.32 Å². The van der Waals surface area contributed by atoms with Crippen molar-refractivity contribution < 1.29 is 22.8 Å².